The SMILES string of the molecule is Cc1c(S(C)(=O)=O)c[nH]c1C(=O)N[C@@]12c3ccc([C@@H]4C[C@H]4C)cc3O[C@]1(O)c1cccc(N)c1C2O. The normalized spacial score (nSPS) is 29.8. The second kappa shape index (κ2) is 7.12. The van der Waals surface area contributed by atoms with Crippen LogP contribution in [0.1, 0.15) is 63.7 Å². The molecule has 10 heteroatoms. The van der Waals surface area contributed by atoms with Gasteiger partial charge in [0.2, 0.25) is 0 Å². The second-order valence-corrected chi connectivity index (χ2v) is 12.2. The lowest BCUT2D eigenvalue weighted by Crippen LogP contribution is -2.59. The van der Waals surface area contributed by atoms with Crippen LogP contribution in [0, 0.1) is 12.8 Å². The van der Waals surface area contributed by atoms with E-state index in [1.165, 1.54) is 13.1 Å². The number of hydrogen-bond donors (Lipinski definition) is 5. The number of rotatable bonds is 4. The Balaban J connectivity index is 1.52. The van der Waals surface area contributed by atoms with Crippen LogP contribution in [-0.2, 0) is 21.2 Å². The number of nitrogens with one attached hydrogen (secondary N) is 2. The van der Waals surface area contributed by atoms with E-state index in [2.05, 4.69) is 17.2 Å². The summed E-state index contributed by atoms with van der Waals surface area (Å²) >= 11 is 0. The molecule has 6 rings (SSSR count). The Labute approximate surface area is 208 Å². The highest BCUT2D eigenvalue weighted by molar-refractivity contribution is 7.90. The molecule has 0 spiro atoms. The molecule has 36 heavy (non-hydrogen) atoms. The molecule has 1 fully saturated rings. The number of anilines is 1. The van der Waals surface area contributed by atoms with Crippen LogP contribution < -0.4 is 15.8 Å². The highest BCUT2D eigenvalue weighted by atomic mass is 32.2. The first-order valence-corrected chi connectivity index (χ1v) is 13.6. The van der Waals surface area contributed by atoms with Gasteiger partial charge in [0.15, 0.2) is 15.4 Å². The minimum absolute atomic E-state index is 0.000142. The molecule has 1 aromatic heterocycles. The van der Waals surface area contributed by atoms with E-state index >= 15 is 0 Å². The van der Waals surface area contributed by atoms with Crippen LogP contribution in [0.25, 0.3) is 0 Å². The first kappa shape index (κ1) is 23.1. The highest BCUT2D eigenvalue weighted by Crippen LogP contribution is 2.64. The van der Waals surface area contributed by atoms with Gasteiger partial charge in [0.25, 0.3) is 11.7 Å². The number of hydrogen-bond acceptors (Lipinski definition) is 7. The fourth-order valence-corrected chi connectivity index (χ4v) is 6.88. The standard InChI is InChI=1S/C26H27N3O6S/c1-12-9-15(12)14-7-8-16-19(10-14)35-26(32)17-5-4-6-18(27)21(17)23(30)25(16,26)29-24(31)22-13(2)20(11-28-22)36(3,33)34/h4-8,10-12,15,23,28,30,32H,9,27H2,1-3H3,(H,29,31)/t12-,15-,23?,25-,26-/m1/s1. The van der Waals surface area contributed by atoms with E-state index in [-0.39, 0.29) is 33.0 Å². The maximum absolute atomic E-state index is 13.6. The molecule has 3 aliphatic rings. The molecule has 0 saturated heterocycles. The smallest absolute Gasteiger partial charge is 0.269 e. The van der Waals surface area contributed by atoms with Crippen LogP contribution >= 0.6 is 0 Å². The molecule has 6 N–H and O–H groups in total. The summed E-state index contributed by atoms with van der Waals surface area (Å²) < 4.78 is 30.4. The van der Waals surface area contributed by atoms with Crippen molar-refractivity contribution in [2.75, 3.05) is 12.0 Å². The van der Waals surface area contributed by atoms with Crippen LogP contribution in [0.15, 0.2) is 47.5 Å². The molecular formula is C26H27N3O6S. The minimum atomic E-state index is -3.58. The number of carbonyl (C=O) groups excluding carboxylic acids is 1. The highest BCUT2D eigenvalue weighted by Gasteiger charge is 2.71. The zero-order valence-electron chi connectivity index (χ0n) is 20.0. The van der Waals surface area contributed by atoms with Gasteiger partial charge in [0.1, 0.15) is 17.5 Å². The molecule has 0 radical (unpaired) electrons. The molecule has 2 aliphatic carbocycles. The monoisotopic (exact) mass is 509 g/mol. The van der Waals surface area contributed by atoms with Gasteiger partial charge < -0.3 is 31.0 Å². The Morgan fingerprint density at radius 2 is 1.97 bits per heavy atom. The fraction of sp³-hybridized carbons (Fsp3) is 0.346. The van der Waals surface area contributed by atoms with Crippen molar-refractivity contribution in [1.82, 2.24) is 10.3 Å². The van der Waals surface area contributed by atoms with Crippen molar-refractivity contribution in [3.63, 3.8) is 0 Å². The Morgan fingerprint density at radius 1 is 1.25 bits per heavy atom. The molecule has 188 valence electrons. The zero-order valence-corrected chi connectivity index (χ0v) is 20.8. The van der Waals surface area contributed by atoms with E-state index in [4.69, 9.17) is 10.5 Å². The average molecular weight is 510 g/mol. The first-order valence-electron chi connectivity index (χ1n) is 11.7. The largest absolute Gasteiger partial charge is 0.455 e. The Hall–Kier alpha value is -3.34. The van der Waals surface area contributed by atoms with Crippen molar-refractivity contribution in [1.29, 1.82) is 0 Å². The summed E-state index contributed by atoms with van der Waals surface area (Å²) in [5, 5.41) is 26.6. The van der Waals surface area contributed by atoms with Gasteiger partial charge in [-0.25, -0.2) is 8.42 Å². The predicted octanol–water partition coefficient (Wildman–Crippen LogP) is 2.34. The first-order chi connectivity index (χ1) is 16.9. The number of H-pyrrole nitrogens is 1. The predicted molar refractivity (Wildman–Crippen MR) is 131 cm³/mol. The quantitative estimate of drug-likeness (QED) is 0.338. The molecule has 2 aromatic carbocycles. The summed E-state index contributed by atoms with van der Waals surface area (Å²) in [6.07, 6.45) is 1.92. The molecule has 5 atom stereocenters. The van der Waals surface area contributed by atoms with Crippen LogP contribution in [0.5, 0.6) is 5.75 Å². The number of sulfone groups is 1. The second-order valence-electron chi connectivity index (χ2n) is 10.2. The van der Waals surface area contributed by atoms with E-state index in [0.29, 0.717) is 23.1 Å². The maximum Gasteiger partial charge on any atom is 0.269 e. The van der Waals surface area contributed by atoms with Crippen LogP contribution in [0.3, 0.4) is 0 Å². The molecule has 1 unspecified atom stereocenters. The number of aromatic nitrogens is 1. The van der Waals surface area contributed by atoms with Crippen molar-refractivity contribution >= 4 is 21.4 Å². The van der Waals surface area contributed by atoms with E-state index in [0.717, 1.165) is 18.2 Å². The van der Waals surface area contributed by atoms with Gasteiger partial charge in [0, 0.05) is 34.8 Å². The number of carbonyl (C=O) groups is 1. The number of nitrogens with two attached hydrogens (primary N) is 1. The van der Waals surface area contributed by atoms with Crippen molar-refractivity contribution in [3.8, 4) is 5.75 Å². The van der Waals surface area contributed by atoms with Gasteiger partial charge in [-0.2, -0.15) is 0 Å². The van der Waals surface area contributed by atoms with E-state index in [9.17, 15) is 23.4 Å². The summed E-state index contributed by atoms with van der Waals surface area (Å²) in [6, 6.07) is 10.4. The topological polar surface area (TPSA) is 155 Å². The van der Waals surface area contributed by atoms with E-state index < -0.39 is 33.2 Å². The van der Waals surface area contributed by atoms with Gasteiger partial charge in [-0.15, -0.1) is 0 Å². The fourth-order valence-electron chi connectivity index (χ4n) is 5.95. The number of aromatic amines is 1. The molecule has 1 amide bonds. The molecule has 1 saturated carbocycles. The third-order valence-corrected chi connectivity index (χ3v) is 9.20. The average Bonchev–Trinajstić information content (AvgIpc) is 3.23. The molecule has 1 aliphatic heterocycles. The summed E-state index contributed by atoms with van der Waals surface area (Å²) in [4.78, 5) is 16.3. The number of ether oxygens (including phenoxy) is 1. The summed E-state index contributed by atoms with van der Waals surface area (Å²) in [7, 11) is -3.58. The summed E-state index contributed by atoms with van der Waals surface area (Å²) in [5.74, 6) is -1.55. The van der Waals surface area contributed by atoms with Gasteiger partial charge in [-0.3, -0.25) is 4.79 Å². The van der Waals surface area contributed by atoms with Crippen LogP contribution in [-0.4, -0.2) is 35.8 Å². The number of amides is 1. The van der Waals surface area contributed by atoms with E-state index in [1.54, 1.807) is 24.3 Å². The third kappa shape index (κ3) is 2.83. The van der Waals surface area contributed by atoms with Gasteiger partial charge >= 0.3 is 0 Å². The lowest BCUT2D eigenvalue weighted by atomic mass is 9.81. The molecule has 9 nitrogen and oxygen atoms in total. The number of aliphatic hydroxyl groups excluding tert-OH is 1. The zero-order chi connectivity index (χ0) is 25.8. The van der Waals surface area contributed by atoms with Gasteiger partial charge in [-0.05, 0) is 48.4 Å². The molecular weight excluding hydrogens is 482 g/mol. The third-order valence-electron chi connectivity index (χ3n) is 7.98. The lowest BCUT2D eigenvalue weighted by molar-refractivity contribution is -0.201. The Kier molecular flexibility index (Phi) is 4.56. The summed E-state index contributed by atoms with van der Waals surface area (Å²) in [5.41, 5.74) is 6.85. The van der Waals surface area contributed by atoms with Crippen molar-refractivity contribution in [2.24, 2.45) is 5.92 Å². The van der Waals surface area contributed by atoms with Gasteiger partial charge in [0.05, 0.1) is 4.90 Å². The number of nitrogen functional groups attached to an aromatic ring is 1. The molecule has 2 heterocycles. The summed E-state index contributed by atoms with van der Waals surface area (Å²) in [6.45, 7) is 3.68. The van der Waals surface area contributed by atoms with Crippen molar-refractivity contribution in [2.45, 2.75) is 48.5 Å². The van der Waals surface area contributed by atoms with Crippen LogP contribution in [0.2, 0.25) is 0 Å². The van der Waals surface area contributed by atoms with Crippen molar-refractivity contribution < 1.29 is 28.2 Å². The Bertz CT molecular complexity index is 1560. The molecule has 0 bridgehead atoms. The number of aliphatic hydroxyl groups is 2. The maximum atomic E-state index is 13.6. The Morgan fingerprint density at radius 3 is 2.61 bits per heavy atom. The minimum Gasteiger partial charge on any atom is -0.455 e. The van der Waals surface area contributed by atoms with Crippen LogP contribution in [0.4, 0.5) is 5.69 Å². The number of benzene rings is 2. The number of fused-ring (bicyclic) bond motifs is 5. The molecule has 3 aromatic rings. The van der Waals surface area contributed by atoms with Gasteiger partial charge in [-0.1, -0.05) is 31.2 Å². The van der Waals surface area contributed by atoms with Crippen molar-refractivity contribution in [3.05, 3.63) is 76.1 Å². The lowest BCUT2D eigenvalue weighted by Gasteiger charge is -2.38. The van der Waals surface area contributed by atoms with E-state index in [1.807, 2.05) is 12.1 Å².